The number of guanidine groups is 1. The lowest BCUT2D eigenvalue weighted by molar-refractivity contribution is 0.768. The second-order valence-electron chi connectivity index (χ2n) is 4.05. The number of aromatic nitrogens is 3. The molecule has 0 aliphatic heterocycles. The minimum absolute atomic E-state index is 0. The predicted octanol–water partition coefficient (Wildman–Crippen LogP) is 1.74. The Morgan fingerprint density at radius 1 is 1.33 bits per heavy atom. The van der Waals surface area contributed by atoms with Crippen molar-refractivity contribution < 1.29 is 0 Å². The summed E-state index contributed by atoms with van der Waals surface area (Å²) in [4.78, 5) is 4.12. The molecule has 0 aliphatic rings. The van der Waals surface area contributed by atoms with Crippen LogP contribution in [-0.2, 0) is 6.54 Å². The van der Waals surface area contributed by atoms with Gasteiger partial charge in [0.25, 0.3) is 0 Å². The van der Waals surface area contributed by atoms with Gasteiger partial charge >= 0.3 is 0 Å². The monoisotopic (exact) mass is 398 g/mol. The number of rotatable bonds is 5. The van der Waals surface area contributed by atoms with Crippen LogP contribution in [0.5, 0.6) is 0 Å². The van der Waals surface area contributed by atoms with Gasteiger partial charge in [0, 0.05) is 19.3 Å². The SMILES string of the molecule is C=CCNC(=NC)NCc1nncn1-c1ccccc1.I. The first-order valence-electron chi connectivity index (χ1n) is 6.35. The zero-order valence-corrected chi connectivity index (χ0v) is 14.2. The van der Waals surface area contributed by atoms with Gasteiger partial charge in [-0.25, -0.2) is 0 Å². The van der Waals surface area contributed by atoms with Crippen molar-refractivity contribution in [3.05, 3.63) is 55.1 Å². The van der Waals surface area contributed by atoms with E-state index in [1.807, 2.05) is 34.9 Å². The molecule has 1 heterocycles. The summed E-state index contributed by atoms with van der Waals surface area (Å²) in [5, 5.41) is 14.4. The molecule has 0 radical (unpaired) electrons. The van der Waals surface area contributed by atoms with Crippen molar-refractivity contribution in [3.63, 3.8) is 0 Å². The lowest BCUT2D eigenvalue weighted by Crippen LogP contribution is -2.37. The quantitative estimate of drug-likeness (QED) is 0.349. The van der Waals surface area contributed by atoms with Crippen LogP contribution in [-0.4, -0.2) is 34.3 Å². The number of aliphatic imine (C=N–C) groups is 1. The molecular weight excluding hydrogens is 379 g/mol. The molecule has 21 heavy (non-hydrogen) atoms. The summed E-state index contributed by atoms with van der Waals surface area (Å²) in [7, 11) is 1.72. The number of nitrogens with one attached hydrogen (secondary N) is 2. The molecule has 2 rings (SSSR count). The molecule has 2 N–H and O–H groups in total. The van der Waals surface area contributed by atoms with E-state index in [-0.39, 0.29) is 24.0 Å². The van der Waals surface area contributed by atoms with E-state index in [9.17, 15) is 0 Å². The molecule has 0 saturated carbocycles. The molecule has 112 valence electrons. The Labute approximate surface area is 141 Å². The van der Waals surface area contributed by atoms with E-state index in [4.69, 9.17) is 0 Å². The molecule has 1 aromatic heterocycles. The minimum atomic E-state index is 0. The summed E-state index contributed by atoms with van der Waals surface area (Å²) in [6, 6.07) is 9.97. The maximum Gasteiger partial charge on any atom is 0.191 e. The van der Waals surface area contributed by atoms with Crippen molar-refractivity contribution >= 4 is 29.9 Å². The molecule has 0 spiro atoms. The molecule has 0 aliphatic carbocycles. The first-order valence-corrected chi connectivity index (χ1v) is 6.35. The fourth-order valence-electron chi connectivity index (χ4n) is 1.74. The van der Waals surface area contributed by atoms with Gasteiger partial charge in [0.15, 0.2) is 11.8 Å². The lowest BCUT2D eigenvalue weighted by Gasteiger charge is -2.11. The Bertz CT molecular complexity index is 578. The molecule has 0 unspecified atom stereocenters. The number of hydrogen-bond donors (Lipinski definition) is 2. The largest absolute Gasteiger partial charge is 0.353 e. The van der Waals surface area contributed by atoms with Crippen molar-refractivity contribution in [1.82, 2.24) is 25.4 Å². The number of halogens is 1. The van der Waals surface area contributed by atoms with Gasteiger partial charge in [-0.2, -0.15) is 0 Å². The molecule has 0 atom stereocenters. The molecular formula is C14H19IN6. The van der Waals surface area contributed by atoms with Crippen LogP contribution >= 0.6 is 24.0 Å². The zero-order valence-electron chi connectivity index (χ0n) is 11.9. The van der Waals surface area contributed by atoms with Gasteiger partial charge < -0.3 is 10.6 Å². The van der Waals surface area contributed by atoms with Gasteiger partial charge in [0.1, 0.15) is 6.33 Å². The van der Waals surface area contributed by atoms with E-state index in [0.717, 1.165) is 11.5 Å². The normalized spacial score (nSPS) is 10.6. The van der Waals surface area contributed by atoms with E-state index in [0.29, 0.717) is 19.0 Å². The Morgan fingerprint density at radius 2 is 2.10 bits per heavy atom. The molecule has 2 aromatic rings. The smallest absolute Gasteiger partial charge is 0.191 e. The third-order valence-corrected chi connectivity index (χ3v) is 2.70. The van der Waals surface area contributed by atoms with Crippen molar-refractivity contribution in [3.8, 4) is 5.69 Å². The first-order chi connectivity index (χ1) is 9.85. The maximum atomic E-state index is 4.13. The number of hydrogen-bond acceptors (Lipinski definition) is 3. The minimum Gasteiger partial charge on any atom is -0.353 e. The van der Waals surface area contributed by atoms with Crippen LogP contribution in [0.4, 0.5) is 0 Å². The molecule has 6 nitrogen and oxygen atoms in total. The molecule has 7 heteroatoms. The summed E-state index contributed by atoms with van der Waals surface area (Å²) in [5.41, 5.74) is 1.03. The van der Waals surface area contributed by atoms with Crippen LogP contribution in [0.15, 0.2) is 54.3 Å². The van der Waals surface area contributed by atoms with Gasteiger partial charge in [-0.05, 0) is 12.1 Å². The Hall–Kier alpha value is -1.90. The highest BCUT2D eigenvalue weighted by Crippen LogP contribution is 2.08. The van der Waals surface area contributed by atoms with E-state index >= 15 is 0 Å². The van der Waals surface area contributed by atoms with Crippen molar-refractivity contribution in [1.29, 1.82) is 0 Å². The molecule has 0 saturated heterocycles. The fraction of sp³-hybridized carbons (Fsp3) is 0.214. The fourth-order valence-corrected chi connectivity index (χ4v) is 1.74. The molecule has 1 aromatic carbocycles. The average molecular weight is 398 g/mol. The zero-order chi connectivity index (χ0) is 14.2. The predicted molar refractivity (Wildman–Crippen MR) is 95.2 cm³/mol. The van der Waals surface area contributed by atoms with Crippen LogP contribution in [0.1, 0.15) is 5.82 Å². The highest BCUT2D eigenvalue weighted by atomic mass is 127. The van der Waals surface area contributed by atoms with Crippen LogP contribution in [0.3, 0.4) is 0 Å². The van der Waals surface area contributed by atoms with Gasteiger partial charge in [-0.1, -0.05) is 24.3 Å². The third kappa shape index (κ3) is 4.85. The Morgan fingerprint density at radius 3 is 2.76 bits per heavy atom. The van der Waals surface area contributed by atoms with Crippen LogP contribution in [0, 0.1) is 0 Å². The average Bonchev–Trinajstić information content (AvgIpc) is 2.97. The molecule has 0 fully saturated rings. The Balaban J connectivity index is 0.00000220. The van der Waals surface area contributed by atoms with Crippen LogP contribution in [0.2, 0.25) is 0 Å². The second-order valence-corrected chi connectivity index (χ2v) is 4.05. The molecule has 0 amide bonds. The second kappa shape index (κ2) is 9.11. The summed E-state index contributed by atoms with van der Waals surface area (Å²) < 4.78 is 1.94. The maximum absolute atomic E-state index is 4.13. The van der Waals surface area contributed by atoms with Crippen LogP contribution < -0.4 is 10.6 Å². The first kappa shape index (κ1) is 17.2. The lowest BCUT2D eigenvalue weighted by atomic mass is 10.3. The van der Waals surface area contributed by atoms with E-state index < -0.39 is 0 Å². The van der Waals surface area contributed by atoms with Gasteiger partial charge in [-0.3, -0.25) is 9.56 Å². The highest BCUT2D eigenvalue weighted by molar-refractivity contribution is 14.0. The van der Waals surface area contributed by atoms with Crippen molar-refractivity contribution in [2.24, 2.45) is 4.99 Å². The molecule has 0 bridgehead atoms. The van der Waals surface area contributed by atoms with Crippen molar-refractivity contribution in [2.45, 2.75) is 6.54 Å². The number of benzene rings is 1. The topological polar surface area (TPSA) is 67.1 Å². The highest BCUT2D eigenvalue weighted by Gasteiger charge is 2.06. The summed E-state index contributed by atoms with van der Waals surface area (Å²) in [6.07, 6.45) is 3.48. The Kier molecular flexibility index (Phi) is 7.44. The van der Waals surface area contributed by atoms with Gasteiger partial charge in [-0.15, -0.1) is 40.8 Å². The van der Waals surface area contributed by atoms with Crippen LogP contribution in [0.25, 0.3) is 5.69 Å². The van der Waals surface area contributed by atoms with E-state index in [2.05, 4.69) is 32.4 Å². The third-order valence-electron chi connectivity index (χ3n) is 2.70. The number of nitrogens with zero attached hydrogens (tertiary/aromatic N) is 4. The summed E-state index contributed by atoms with van der Waals surface area (Å²) in [6.45, 7) is 4.85. The van der Waals surface area contributed by atoms with Gasteiger partial charge in [0.05, 0.1) is 6.54 Å². The van der Waals surface area contributed by atoms with Gasteiger partial charge in [0.2, 0.25) is 0 Å². The van der Waals surface area contributed by atoms with E-state index in [1.165, 1.54) is 0 Å². The van der Waals surface area contributed by atoms with E-state index in [1.54, 1.807) is 19.5 Å². The number of para-hydroxylation sites is 1. The summed E-state index contributed by atoms with van der Waals surface area (Å²) >= 11 is 0. The summed E-state index contributed by atoms with van der Waals surface area (Å²) in [5.74, 6) is 1.52. The standard InChI is InChI=1S/C14H18N6.HI/c1-3-9-16-14(15-2)17-10-13-19-18-11-20(13)12-7-5-4-6-8-12;/h3-8,11H,1,9-10H2,2H3,(H2,15,16,17);1H. The van der Waals surface area contributed by atoms with Crippen molar-refractivity contribution in [2.75, 3.05) is 13.6 Å².